The van der Waals surface area contributed by atoms with Crippen LogP contribution in [0.1, 0.15) is 38.1 Å². The molecule has 1 N–H and O–H groups in total. The number of thioether (sulfide) groups is 1. The molecule has 7 heteroatoms. The maximum absolute atomic E-state index is 10.5. The lowest BCUT2D eigenvalue weighted by Gasteiger charge is -2.27. The molecule has 0 amide bonds. The average Bonchev–Trinajstić information content (AvgIpc) is 3.55. The van der Waals surface area contributed by atoms with E-state index in [1.165, 1.54) is 37.5 Å². The number of aliphatic hydroxyl groups excluding tert-OH is 1. The Labute approximate surface area is 181 Å². The first-order valence-electron chi connectivity index (χ1n) is 10.9. The van der Waals surface area contributed by atoms with Crippen molar-refractivity contribution in [1.29, 1.82) is 0 Å². The number of ether oxygens (including phenoxy) is 1. The quantitative estimate of drug-likeness (QED) is 0.544. The Balaban J connectivity index is 1.19. The van der Waals surface area contributed by atoms with Gasteiger partial charge in [0, 0.05) is 24.9 Å². The molecule has 1 unspecified atom stereocenters. The lowest BCUT2D eigenvalue weighted by molar-refractivity contribution is 0.126. The molecule has 2 fully saturated rings. The monoisotopic (exact) mass is 424 g/mol. The average molecular weight is 425 g/mol. The van der Waals surface area contributed by atoms with Crippen LogP contribution >= 0.6 is 11.8 Å². The summed E-state index contributed by atoms with van der Waals surface area (Å²) < 4.78 is 8.14. The van der Waals surface area contributed by atoms with E-state index in [0.717, 1.165) is 35.3 Å². The highest BCUT2D eigenvalue weighted by atomic mass is 32.2. The van der Waals surface area contributed by atoms with E-state index < -0.39 is 6.10 Å². The van der Waals surface area contributed by atoms with Crippen molar-refractivity contribution in [2.45, 2.75) is 49.4 Å². The van der Waals surface area contributed by atoms with E-state index in [1.807, 2.05) is 30.3 Å². The molecule has 30 heavy (non-hydrogen) atoms. The van der Waals surface area contributed by atoms with Crippen LogP contribution in [0.15, 0.2) is 47.6 Å². The van der Waals surface area contributed by atoms with Crippen LogP contribution in [0.5, 0.6) is 5.75 Å². The van der Waals surface area contributed by atoms with Crippen LogP contribution in [0.25, 0.3) is 10.8 Å². The summed E-state index contributed by atoms with van der Waals surface area (Å²) in [7, 11) is 0. The van der Waals surface area contributed by atoms with Crippen molar-refractivity contribution >= 4 is 28.5 Å². The Bertz CT molecular complexity index is 998. The summed E-state index contributed by atoms with van der Waals surface area (Å²) in [6.45, 7) is 2.40. The van der Waals surface area contributed by atoms with Crippen LogP contribution in [0.3, 0.4) is 0 Å². The summed E-state index contributed by atoms with van der Waals surface area (Å²) in [5.41, 5.74) is 0. The van der Waals surface area contributed by atoms with Crippen LogP contribution in [-0.2, 0) is 0 Å². The van der Waals surface area contributed by atoms with Gasteiger partial charge in [0.2, 0.25) is 5.95 Å². The Hall–Kier alpha value is -2.25. The van der Waals surface area contributed by atoms with Crippen molar-refractivity contribution in [3.63, 3.8) is 0 Å². The van der Waals surface area contributed by atoms with Gasteiger partial charge in [-0.05, 0) is 55.0 Å². The summed E-state index contributed by atoms with van der Waals surface area (Å²) in [5, 5.41) is 22.7. The highest BCUT2D eigenvalue weighted by Gasteiger charge is 2.32. The van der Waals surface area contributed by atoms with E-state index in [4.69, 9.17) is 4.74 Å². The molecule has 6 nitrogen and oxygen atoms in total. The van der Waals surface area contributed by atoms with Crippen molar-refractivity contribution in [3.8, 4) is 5.75 Å². The molecule has 2 aromatic carbocycles. The fourth-order valence-electron chi connectivity index (χ4n) is 4.00. The van der Waals surface area contributed by atoms with Gasteiger partial charge in [0.25, 0.3) is 0 Å². The zero-order valence-corrected chi connectivity index (χ0v) is 17.9. The van der Waals surface area contributed by atoms with Gasteiger partial charge in [-0.1, -0.05) is 42.1 Å². The number of anilines is 1. The van der Waals surface area contributed by atoms with Gasteiger partial charge in [-0.25, -0.2) is 0 Å². The molecule has 1 saturated carbocycles. The molecule has 1 aromatic heterocycles. The van der Waals surface area contributed by atoms with Gasteiger partial charge in [0.05, 0.1) is 6.10 Å². The van der Waals surface area contributed by atoms with Gasteiger partial charge in [0.15, 0.2) is 5.16 Å². The van der Waals surface area contributed by atoms with Gasteiger partial charge in [0.1, 0.15) is 12.4 Å². The second kappa shape index (κ2) is 8.86. The largest absolute Gasteiger partial charge is 0.491 e. The molecule has 1 aliphatic carbocycles. The number of rotatable bonds is 8. The Morgan fingerprint density at radius 1 is 1.03 bits per heavy atom. The van der Waals surface area contributed by atoms with E-state index in [2.05, 4.69) is 31.8 Å². The summed E-state index contributed by atoms with van der Waals surface area (Å²) in [5.74, 6) is 2.34. The molecule has 1 saturated heterocycles. The summed E-state index contributed by atoms with van der Waals surface area (Å²) in [4.78, 5) is 2.37. The number of piperidine rings is 1. The Kier molecular flexibility index (Phi) is 5.82. The first kappa shape index (κ1) is 19.7. The Morgan fingerprint density at radius 2 is 1.83 bits per heavy atom. The van der Waals surface area contributed by atoms with E-state index in [1.54, 1.807) is 11.8 Å². The van der Waals surface area contributed by atoms with Crippen LogP contribution in [-0.4, -0.2) is 51.4 Å². The lowest BCUT2D eigenvalue weighted by Crippen LogP contribution is -2.32. The van der Waals surface area contributed by atoms with Crippen LogP contribution in [0.2, 0.25) is 0 Å². The molecule has 3 aromatic rings. The van der Waals surface area contributed by atoms with Crippen LogP contribution < -0.4 is 9.64 Å². The zero-order chi connectivity index (χ0) is 20.3. The van der Waals surface area contributed by atoms with Crippen molar-refractivity contribution in [1.82, 2.24) is 14.8 Å². The number of hydrogen-bond acceptors (Lipinski definition) is 6. The molecule has 1 atom stereocenters. The third kappa shape index (κ3) is 4.42. The second-order valence-corrected chi connectivity index (χ2v) is 9.20. The molecule has 158 valence electrons. The van der Waals surface area contributed by atoms with E-state index >= 15 is 0 Å². The Morgan fingerprint density at radius 3 is 2.63 bits per heavy atom. The predicted molar refractivity (Wildman–Crippen MR) is 121 cm³/mol. The standard InChI is InChI=1S/C23H28N4O2S/c28-20(15-29-21-11-8-17-6-2-3-7-18(17)14-21)16-30-23-25-24-22(27(23)19-9-10-19)26-12-4-1-5-13-26/h2-3,6-8,11,14,19-20,28H,1,4-5,9-10,12-13,15-16H2. The molecular formula is C23H28N4O2S. The second-order valence-electron chi connectivity index (χ2n) is 8.22. The first-order chi connectivity index (χ1) is 14.8. The van der Waals surface area contributed by atoms with Crippen LogP contribution in [0, 0.1) is 0 Å². The van der Waals surface area contributed by atoms with Crippen molar-refractivity contribution in [3.05, 3.63) is 42.5 Å². The van der Waals surface area contributed by atoms with Gasteiger partial charge < -0.3 is 14.7 Å². The number of aliphatic hydroxyl groups is 1. The summed E-state index contributed by atoms with van der Waals surface area (Å²) >= 11 is 1.58. The minimum absolute atomic E-state index is 0.266. The van der Waals surface area contributed by atoms with Gasteiger partial charge >= 0.3 is 0 Å². The third-order valence-electron chi connectivity index (χ3n) is 5.77. The summed E-state index contributed by atoms with van der Waals surface area (Å²) in [6.07, 6.45) is 5.58. The number of hydrogen-bond donors (Lipinski definition) is 1. The zero-order valence-electron chi connectivity index (χ0n) is 17.1. The minimum atomic E-state index is -0.565. The smallest absolute Gasteiger partial charge is 0.228 e. The molecule has 0 spiro atoms. The maximum Gasteiger partial charge on any atom is 0.228 e. The molecular weight excluding hydrogens is 396 g/mol. The van der Waals surface area contributed by atoms with Crippen molar-refractivity contribution < 1.29 is 9.84 Å². The number of nitrogens with zero attached hydrogens (tertiary/aromatic N) is 4. The molecule has 5 rings (SSSR count). The van der Waals surface area contributed by atoms with Gasteiger partial charge in [-0.15, -0.1) is 10.2 Å². The van der Waals surface area contributed by atoms with Gasteiger partial charge in [-0.3, -0.25) is 4.57 Å². The first-order valence-corrected chi connectivity index (χ1v) is 11.9. The van der Waals surface area contributed by atoms with E-state index in [9.17, 15) is 5.11 Å². The minimum Gasteiger partial charge on any atom is -0.491 e. The number of benzene rings is 2. The number of fused-ring (bicyclic) bond motifs is 1. The van der Waals surface area contributed by atoms with E-state index in [-0.39, 0.29) is 6.61 Å². The topological polar surface area (TPSA) is 63.4 Å². The molecule has 0 radical (unpaired) electrons. The normalized spacial score (nSPS) is 18.0. The molecule has 1 aliphatic heterocycles. The van der Waals surface area contributed by atoms with Crippen molar-refractivity contribution in [2.75, 3.05) is 30.3 Å². The molecule has 2 aliphatic rings. The van der Waals surface area contributed by atoms with Gasteiger partial charge in [-0.2, -0.15) is 0 Å². The van der Waals surface area contributed by atoms with Crippen LogP contribution in [0.4, 0.5) is 5.95 Å². The SMILES string of the molecule is OC(COc1ccc2ccccc2c1)CSc1nnc(N2CCCCC2)n1C1CC1. The number of aromatic nitrogens is 3. The fourth-order valence-corrected chi connectivity index (χ4v) is 4.90. The lowest BCUT2D eigenvalue weighted by atomic mass is 10.1. The highest BCUT2D eigenvalue weighted by Crippen LogP contribution is 2.41. The van der Waals surface area contributed by atoms with E-state index in [0.29, 0.717) is 11.8 Å². The predicted octanol–water partition coefficient (Wildman–Crippen LogP) is 4.29. The van der Waals surface area contributed by atoms with Crippen molar-refractivity contribution in [2.24, 2.45) is 0 Å². The highest BCUT2D eigenvalue weighted by molar-refractivity contribution is 7.99. The maximum atomic E-state index is 10.5. The fraction of sp³-hybridized carbons (Fsp3) is 0.478. The molecule has 2 heterocycles. The third-order valence-corrected chi connectivity index (χ3v) is 6.85. The molecule has 0 bridgehead atoms. The summed E-state index contributed by atoms with van der Waals surface area (Å²) in [6, 6.07) is 14.7.